The Bertz CT molecular complexity index is 713. The minimum atomic E-state index is -0.334. The van der Waals surface area contributed by atoms with E-state index in [0.29, 0.717) is 12.4 Å². The van der Waals surface area contributed by atoms with Gasteiger partial charge in [0.15, 0.2) is 0 Å². The van der Waals surface area contributed by atoms with E-state index in [1.807, 2.05) is 37.4 Å². The molecule has 0 saturated carbocycles. The summed E-state index contributed by atoms with van der Waals surface area (Å²) in [5.74, 6) is 0.0451. The molecule has 1 fully saturated rings. The predicted octanol–water partition coefficient (Wildman–Crippen LogP) is 3.09. The summed E-state index contributed by atoms with van der Waals surface area (Å²) in [6.07, 6.45) is 3.75. The fourth-order valence-electron chi connectivity index (χ4n) is 2.70. The van der Waals surface area contributed by atoms with Gasteiger partial charge in [-0.1, -0.05) is 31.5 Å². The van der Waals surface area contributed by atoms with Crippen molar-refractivity contribution in [2.24, 2.45) is 0 Å². The van der Waals surface area contributed by atoms with Crippen molar-refractivity contribution in [2.45, 2.75) is 25.1 Å². The molecule has 2 aromatic rings. The summed E-state index contributed by atoms with van der Waals surface area (Å²) in [7, 11) is 0. The lowest BCUT2D eigenvalue weighted by molar-refractivity contribution is -0.148. The second kappa shape index (κ2) is 7.08. The fourth-order valence-corrected chi connectivity index (χ4v) is 3.91. The molecule has 0 bridgehead atoms. The quantitative estimate of drug-likeness (QED) is 0.652. The summed E-state index contributed by atoms with van der Waals surface area (Å²) in [6, 6.07) is 7.98. The van der Waals surface area contributed by atoms with Crippen molar-refractivity contribution in [1.82, 2.24) is 9.88 Å². The van der Waals surface area contributed by atoms with E-state index in [0.717, 1.165) is 29.3 Å². The molecule has 1 aliphatic heterocycles. The first-order valence-electron chi connectivity index (χ1n) is 7.83. The van der Waals surface area contributed by atoms with Crippen molar-refractivity contribution in [3.63, 3.8) is 0 Å². The lowest BCUT2D eigenvalue weighted by Gasteiger charge is -2.22. The maximum atomic E-state index is 12.2. The van der Waals surface area contributed by atoms with E-state index in [4.69, 9.17) is 4.74 Å². The fraction of sp³-hybridized carbons (Fsp3) is 0.412. The molecular weight excluding hydrogens is 312 g/mol. The van der Waals surface area contributed by atoms with Gasteiger partial charge < -0.3 is 14.6 Å². The average molecular weight is 332 g/mol. The minimum absolute atomic E-state index is 0.0136. The molecule has 1 aromatic carbocycles. The number of esters is 1. The Labute approximate surface area is 139 Å². The number of aromatic nitrogens is 1. The van der Waals surface area contributed by atoms with Gasteiger partial charge in [0.05, 0.1) is 12.4 Å². The molecule has 0 spiro atoms. The summed E-state index contributed by atoms with van der Waals surface area (Å²) in [4.78, 5) is 29.0. The zero-order chi connectivity index (χ0) is 16.2. The zero-order valence-electron chi connectivity index (χ0n) is 13.1. The van der Waals surface area contributed by atoms with Crippen molar-refractivity contribution in [2.75, 3.05) is 18.9 Å². The largest absolute Gasteiger partial charge is 0.464 e. The lowest BCUT2D eigenvalue weighted by Crippen LogP contribution is -2.34. The van der Waals surface area contributed by atoms with Gasteiger partial charge in [0.2, 0.25) is 5.91 Å². The molecular formula is C17H20N2O3S. The van der Waals surface area contributed by atoms with Crippen LogP contribution in [-0.4, -0.2) is 40.7 Å². The van der Waals surface area contributed by atoms with E-state index < -0.39 is 0 Å². The molecule has 1 atom stereocenters. The molecule has 0 radical (unpaired) electrons. The first-order chi connectivity index (χ1) is 11.2. The number of hydrogen-bond acceptors (Lipinski definition) is 4. The maximum absolute atomic E-state index is 12.2. The van der Waals surface area contributed by atoms with Crippen LogP contribution in [0.2, 0.25) is 0 Å². The number of thioether (sulfide) groups is 1. The number of nitrogens with zero attached hydrogens (tertiary/aromatic N) is 1. The van der Waals surface area contributed by atoms with Gasteiger partial charge in [-0.15, -0.1) is 11.8 Å². The van der Waals surface area contributed by atoms with E-state index >= 15 is 0 Å². The van der Waals surface area contributed by atoms with Gasteiger partial charge in [-0.3, -0.25) is 9.59 Å². The summed E-state index contributed by atoms with van der Waals surface area (Å²) >= 11 is 1.55. The van der Waals surface area contributed by atoms with Gasteiger partial charge >= 0.3 is 5.97 Å². The number of unbranched alkanes of at least 4 members (excludes halogenated alkanes) is 1. The number of nitrogens with one attached hydrogen (secondary N) is 1. The molecule has 122 valence electrons. The van der Waals surface area contributed by atoms with Gasteiger partial charge in [0.1, 0.15) is 11.9 Å². The number of aromatic amines is 1. The lowest BCUT2D eigenvalue weighted by atomic mass is 10.1. The molecule has 5 nitrogen and oxygen atoms in total. The monoisotopic (exact) mass is 332 g/mol. The second-order valence-corrected chi connectivity index (χ2v) is 6.62. The van der Waals surface area contributed by atoms with Gasteiger partial charge in [0.25, 0.3) is 0 Å². The number of benzene rings is 1. The van der Waals surface area contributed by atoms with E-state index in [9.17, 15) is 9.59 Å². The van der Waals surface area contributed by atoms with Crippen LogP contribution in [0.4, 0.5) is 0 Å². The molecule has 1 N–H and O–H groups in total. The number of para-hydroxylation sites is 1. The topological polar surface area (TPSA) is 62.4 Å². The number of carbonyl (C=O) groups is 2. The van der Waals surface area contributed by atoms with Crippen molar-refractivity contribution in [1.29, 1.82) is 0 Å². The Morgan fingerprint density at radius 1 is 1.43 bits per heavy atom. The number of ether oxygens (including phenoxy) is 1. The normalized spacial score (nSPS) is 17.9. The highest BCUT2D eigenvalue weighted by atomic mass is 32.2. The molecule has 1 saturated heterocycles. The number of rotatable bonds is 6. The average Bonchev–Trinajstić information content (AvgIpc) is 3.12. The number of carbonyl (C=O) groups excluding carboxylic acids is 2. The van der Waals surface area contributed by atoms with Crippen LogP contribution >= 0.6 is 11.8 Å². The van der Waals surface area contributed by atoms with Crippen LogP contribution in [0.25, 0.3) is 10.9 Å². The summed E-state index contributed by atoms with van der Waals surface area (Å²) in [5, 5.41) is 0.946. The summed E-state index contributed by atoms with van der Waals surface area (Å²) < 4.78 is 5.20. The van der Waals surface area contributed by atoms with Gasteiger partial charge in [-0.25, -0.2) is 0 Å². The van der Waals surface area contributed by atoms with Crippen molar-refractivity contribution in [3.8, 4) is 0 Å². The third kappa shape index (κ3) is 3.37. The SMILES string of the molecule is CCCCOC(=O)CN1C(=O)CSC1c1c[nH]c2ccccc12. The molecule has 3 rings (SSSR count). The third-order valence-corrected chi connectivity index (χ3v) is 5.15. The third-order valence-electron chi connectivity index (χ3n) is 3.92. The first-order valence-corrected chi connectivity index (χ1v) is 8.88. The molecule has 1 aliphatic rings. The highest BCUT2D eigenvalue weighted by molar-refractivity contribution is 8.00. The van der Waals surface area contributed by atoms with Gasteiger partial charge in [-0.2, -0.15) is 0 Å². The predicted molar refractivity (Wildman–Crippen MR) is 91.1 cm³/mol. The van der Waals surface area contributed by atoms with Gasteiger partial charge in [0, 0.05) is 22.7 Å². The maximum Gasteiger partial charge on any atom is 0.325 e. The number of amides is 1. The molecule has 2 heterocycles. The second-order valence-electron chi connectivity index (χ2n) is 5.55. The minimum Gasteiger partial charge on any atom is -0.464 e. The van der Waals surface area contributed by atoms with Crippen molar-refractivity contribution in [3.05, 3.63) is 36.0 Å². The van der Waals surface area contributed by atoms with Crippen LogP contribution in [0, 0.1) is 0 Å². The van der Waals surface area contributed by atoms with Crippen LogP contribution in [-0.2, 0) is 14.3 Å². The molecule has 1 unspecified atom stereocenters. The van der Waals surface area contributed by atoms with Crippen molar-refractivity contribution < 1.29 is 14.3 Å². The summed E-state index contributed by atoms with van der Waals surface area (Å²) in [6.45, 7) is 2.48. The number of hydrogen-bond donors (Lipinski definition) is 1. The van der Waals surface area contributed by atoms with Gasteiger partial charge in [-0.05, 0) is 12.5 Å². The molecule has 1 aromatic heterocycles. The van der Waals surface area contributed by atoms with E-state index in [1.54, 1.807) is 16.7 Å². The first kappa shape index (κ1) is 15.9. The Morgan fingerprint density at radius 3 is 3.09 bits per heavy atom. The van der Waals surface area contributed by atoms with Crippen LogP contribution in [0.1, 0.15) is 30.7 Å². The Morgan fingerprint density at radius 2 is 2.26 bits per heavy atom. The van der Waals surface area contributed by atoms with E-state index in [-0.39, 0.29) is 23.8 Å². The Kier molecular flexibility index (Phi) is 4.91. The Hall–Kier alpha value is -1.95. The number of H-pyrrole nitrogens is 1. The van der Waals surface area contributed by atoms with Crippen molar-refractivity contribution >= 4 is 34.5 Å². The highest BCUT2D eigenvalue weighted by Gasteiger charge is 2.35. The van der Waals surface area contributed by atoms with E-state index in [1.165, 1.54) is 0 Å². The molecule has 6 heteroatoms. The smallest absolute Gasteiger partial charge is 0.325 e. The number of fused-ring (bicyclic) bond motifs is 1. The molecule has 1 amide bonds. The standard InChI is InChI=1S/C17H20N2O3S/c1-2-3-8-22-16(21)10-19-15(20)11-23-17(19)13-9-18-14-7-5-4-6-12(13)14/h4-7,9,17-18H,2-3,8,10-11H2,1H3. The van der Waals surface area contributed by atoms with Crippen LogP contribution < -0.4 is 0 Å². The van der Waals surface area contributed by atoms with Crippen LogP contribution in [0.15, 0.2) is 30.5 Å². The highest BCUT2D eigenvalue weighted by Crippen LogP contribution is 2.41. The zero-order valence-corrected chi connectivity index (χ0v) is 13.9. The summed E-state index contributed by atoms with van der Waals surface area (Å²) in [5.41, 5.74) is 2.07. The van der Waals surface area contributed by atoms with Crippen LogP contribution in [0.3, 0.4) is 0 Å². The van der Waals surface area contributed by atoms with E-state index in [2.05, 4.69) is 4.98 Å². The molecule has 0 aliphatic carbocycles. The molecule has 23 heavy (non-hydrogen) atoms. The Balaban J connectivity index is 1.76. The van der Waals surface area contributed by atoms with Crippen LogP contribution in [0.5, 0.6) is 0 Å².